The molecule has 0 amide bonds. The zero-order valence-corrected chi connectivity index (χ0v) is 11.2. The smallest absolute Gasteiger partial charge is 0.189 e. The molecule has 3 aromatic rings. The molecule has 0 saturated heterocycles. The highest BCUT2D eigenvalue weighted by molar-refractivity contribution is 5.72. The van der Waals surface area contributed by atoms with E-state index in [0.29, 0.717) is 28.5 Å². The van der Waals surface area contributed by atoms with Crippen LogP contribution in [0.4, 0.5) is 10.1 Å². The second kappa shape index (κ2) is 5.20. The van der Waals surface area contributed by atoms with Crippen molar-refractivity contribution in [1.82, 2.24) is 20.2 Å². The van der Waals surface area contributed by atoms with Crippen molar-refractivity contribution in [2.45, 2.75) is 0 Å². The number of benzene rings is 2. The van der Waals surface area contributed by atoms with Gasteiger partial charge in [0.2, 0.25) is 0 Å². The van der Waals surface area contributed by atoms with Gasteiger partial charge in [0.15, 0.2) is 5.82 Å². The fourth-order valence-electron chi connectivity index (χ4n) is 1.99. The van der Waals surface area contributed by atoms with Crippen LogP contribution in [0.1, 0.15) is 0 Å². The standard InChI is InChI=1S/C14H12FN5O/c1-21-11-4-2-3-10(8-11)20-14(17-18-19-20)12-7-9(15)5-6-13(12)16/h2-8H,16H2,1H3. The van der Waals surface area contributed by atoms with E-state index < -0.39 is 5.82 Å². The van der Waals surface area contributed by atoms with Crippen LogP contribution in [-0.2, 0) is 0 Å². The predicted octanol–water partition coefficient (Wildman–Crippen LogP) is 2.06. The monoisotopic (exact) mass is 285 g/mol. The second-order valence-corrected chi connectivity index (χ2v) is 4.35. The molecule has 6 nitrogen and oxygen atoms in total. The summed E-state index contributed by atoms with van der Waals surface area (Å²) in [6.45, 7) is 0. The summed E-state index contributed by atoms with van der Waals surface area (Å²) in [4.78, 5) is 0. The maximum Gasteiger partial charge on any atom is 0.189 e. The van der Waals surface area contributed by atoms with E-state index in [1.165, 1.54) is 22.9 Å². The number of ether oxygens (including phenoxy) is 1. The number of nitrogen functional groups attached to an aromatic ring is 1. The number of halogens is 1. The Morgan fingerprint density at radius 1 is 1.19 bits per heavy atom. The third-order valence-electron chi connectivity index (χ3n) is 3.02. The Morgan fingerprint density at radius 3 is 2.86 bits per heavy atom. The minimum absolute atomic E-state index is 0.361. The first-order chi connectivity index (χ1) is 10.2. The van der Waals surface area contributed by atoms with Gasteiger partial charge in [-0.15, -0.1) is 5.10 Å². The van der Waals surface area contributed by atoms with Crippen LogP contribution in [0, 0.1) is 5.82 Å². The van der Waals surface area contributed by atoms with Gasteiger partial charge in [-0.25, -0.2) is 4.39 Å². The van der Waals surface area contributed by atoms with Gasteiger partial charge in [-0.1, -0.05) is 6.07 Å². The van der Waals surface area contributed by atoms with E-state index in [-0.39, 0.29) is 0 Å². The summed E-state index contributed by atoms with van der Waals surface area (Å²) in [5.41, 5.74) is 7.41. The number of tetrazole rings is 1. The molecule has 106 valence electrons. The Hall–Kier alpha value is -2.96. The molecule has 0 spiro atoms. The zero-order chi connectivity index (χ0) is 14.8. The maximum atomic E-state index is 13.4. The van der Waals surface area contributed by atoms with Gasteiger partial charge in [0.1, 0.15) is 11.6 Å². The average Bonchev–Trinajstić information content (AvgIpc) is 2.99. The van der Waals surface area contributed by atoms with Crippen LogP contribution in [-0.4, -0.2) is 27.3 Å². The lowest BCUT2D eigenvalue weighted by Crippen LogP contribution is -2.02. The van der Waals surface area contributed by atoms with E-state index in [4.69, 9.17) is 10.5 Å². The number of aromatic nitrogens is 4. The fourth-order valence-corrected chi connectivity index (χ4v) is 1.99. The Kier molecular flexibility index (Phi) is 3.23. The summed E-state index contributed by atoms with van der Waals surface area (Å²) in [7, 11) is 1.57. The first-order valence-corrected chi connectivity index (χ1v) is 6.17. The van der Waals surface area contributed by atoms with Crippen molar-refractivity contribution in [3.05, 3.63) is 48.3 Å². The molecule has 0 aliphatic heterocycles. The van der Waals surface area contributed by atoms with Crippen molar-refractivity contribution in [1.29, 1.82) is 0 Å². The molecule has 0 radical (unpaired) electrons. The molecule has 0 fully saturated rings. The molecule has 0 saturated carbocycles. The highest BCUT2D eigenvalue weighted by Crippen LogP contribution is 2.27. The number of hydrogen-bond donors (Lipinski definition) is 1. The molecule has 21 heavy (non-hydrogen) atoms. The van der Waals surface area contributed by atoms with Gasteiger partial charge in [-0.05, 0) is 40.8 Å². The van der Waals surface area contributed by atoms with Crippen LogP contribution in [0.3, 0.4) is 0 Å². The lowest BCUT2D eigenvalue weighted by molar-refractivity contribution is 0.414. The van der Waals surface area contributed by atoms with Crippen LogP contribution in [0.25, 0.3) is 17.1 Å². The van der Waals surface area contributed by atoms with E-state index in [2.05, 4.69) is 15.5 Å². The molecule has 1 heterocycles. The topological polar surface area (TPSA) is 78.8 Å². The molecular formula is C14H12FN5O. The molecule has 0 aliphatic carbocycles. The van der Waals surface area contributed by atoms with Crippen molar-refractivity contribution < 1.29 is 9.13 Å². The average molecular weight is 285 g/mol. The van der Waals surface area contributed by atoms with Gasteiger partial charge < -0.3 is 10.5 Å². The normalized spacial score (nSPS) is 10.6. The summed E-state index contributed by atoms with van der Waals surface area (Å²) in [6, 6.07) is 11.3. The van der Waals surface area contributed by atoms with E-state index in [9.17, 15) is 4.39 Å². The summed E-state index contributed by atoms with van der Waals surface area (Å²) in [5.74, 6) is 0.626. The Balaban J connectivity index is 2.14. The number of nitrogens with two attached hydrogens (primary N) is 1. The second-order valence-electron chi connectivity index (χ2n) is 4.35. The number of rotatable bonds is 3. The SMILES string of the molecule is COc1cccc(-n2nnnc2-c2cc(F)ccc2N)c1. The van der Waals surface area contributed by atoms with Gasteiger partial charge in [-0.3, -0.25) is 0 Å². The predicted molar refractivity (Wildman–Crippen MR) is 75.5 cm³/mol. The minimum Gasteiger partial charge on any atom is -0.497 e. The highest BCUT2D eigenvalue weighted by Gasteiger charge is 2.14. The zero-order valence-electron chi connectivity index (χ0n) is 11.2. The summed E-state index contributed by atoms with van der Waals surface area (Å²) >= 11 is 0. The Morgan fingerprint density at radius 2 is 2.05 bits per heavy atom. The van der Waals surface area contributed by atoms with Gasteiger partial charge in [-0.2, -0.15) is 4.68 Å². The summed E-state index contributed by atoms with van der Waals surface area (Å²) in [5, 5.41) is 11.5. The number of nitrogens with zero attached hydrogens (tertiary/aromatic N) is 4. The minimum atomic E-state index is -0.403. The summed E-state index contributed by atoms with van der Waals surface area (Å²) in [6.07, 6.45) is 0. The third-order valence-corrected chi connectivity index (χ3v) is 3.02. The molecule has 0 bridgehead atoms. The van der Waals surface area contributed by atoms with Crippen molar-refractivity contribution in [3.63, 3.8) is 0 Å². The van der Waals surface area contributed by atoms with Gasteiger partial charge >= 0.3 is 0 Å². The van der Waals surface area contributed by atoms with Crippen LogP contribution in [0.2, 0.25) is 0 Å². The van der Waals surface area contributed by atoms with Gasteiger partial charge in [0.05, 0.1) is 12.8 Å². The van der Waals surface area contributed by atoms with E-state index in [1.807, 2.05) is 18.2 Å². The molecule has 2 aromatic carbocycles. The third kappa shape index (κ3) is 2.40. The maximum absolute atomic E-state index is 13.4. The van der Waals surface area contributed by atoms with Crippen LogP contribution in [0.15, 0.2) is 42.5 Å². The van der Waals surface area contributed by atoms with Gasteiger partial charge in [0, 0.05) is 17.3 Å². The van der Waals surface area contributed by atoms with Crippen molar-refractivity contribution >= 4 is 5.69 Å². The van der Waals surface area contributed by atoms with E-state index in [0.717, 1.165) is 0 Å². The van der Waals surface area contributed by atoms with Gasteiger partial charge in [0.25, 0.3) is 0 Å². The lowest BCUT2D eigenvalue weighted by Gasteiger charge is -2.08. The van der Waals surface area contributed by atoms with Crippen LogP contribution < -0.4 is 10.5 Å². The molecular weight excluding hydrogens is 273 g/mol. The number of methoxy groups -OCH3 is 1. The van der Waals surface area contributed by atoms with E-state index in [1.54, 1.807) is 13.2 Å². The molecule has 1 aromatic heterocycles. The molecule has 0 aliphatic rings. The highest BCUT2D eigenvalue weighted by atomic mass is 19.1. The Bertz CT molecular complexity index is 787. The van der Waals surface area contributed by atoms with Crippen molar-refractivity contribution in [3.8, 4) is 22.8 Å². The quantitative estimate of drug-likeness (QED) is 0.745. The van der Waals surface area contributed by atoms with Crippen LogP contribution >= 0.6 is 0 Å². The fraction of sp³-hybridized carbons (Fsp3) is 0.0714. The van der Waals surface area contributed by atoms with Crippen molar-refractivity contribution in [2.75, 3.05) is 12.8 Å². The first-order valence-electron chi connectivity index (χ1n) is 6.17. The number of hydrogen-bond acceptors (Lipinski definition) is 5. The largest absolute Gasteiger partial charge is 0.497 e. The molecule has 7 heteroatoms. The molecule has 3 rings (SSSR count). The van der Waals surface area contributed by atoms with E-state index >= 15 is 0 Å². The first kappa shape index (κ1) is 13.0. The van der Waals surface area contributed by atoms with Crippen LogP contribution in [0.5, 0.6) is 5.75 Å². The van der Waals surface area contributed by atoms with Crippen molar-refractivity contribution in [2.24, 2.45) is 0 Å². The molecule has 2 N–H and O–H groups in total. The molecule has 0 atom stereocenters. The summed E-state index contributed by atoms with van der Waals surface area (Å²) < 4.78 is 20.1. The molecule has 0 unspecified atom stereocenters. The number of anilines is 1. The lowest BCUT2D eigenvalue weighted by atomic mass is 10.1. The Labute approximate surface area is 120 Å².